The van der Waals surface area contributed by atoms with Gasteiger partial charge in [0.25, 0.3) is 11.5 Å². The minimum Gasteiger partial charge on any atom is -0.321 e. The molecule has 7 heteroatoms. The van der Waals surface area contributed by atoms with E-state index in [1.807, 2.05) is 0 Å². The molecule has 2 heterocycles. The number of anilines is 1. The highest BCUT2D eigenvalue weighted by molar-refractivity contribution is 7.20. The summed E-state index contributed by atoms with van der Waals surface area (Å²) in [4.78, 5) is 29.7. The number of fused-ring (bicyclic) bond motifs is 1. The summed E-state index contributed by atoms with van der Waals surface area (Å²) in [5.41, 5.74) is 1.28. The van der Waals surface area contributed by atoms with Crippen molar-refractivity contribution in [2.24, 2.45) is 7.05 Å². The predicted octanol–water partition coefficient (Wildman–Crippen LogP) is 3.00. The first-order valence-corrected chi connectivity index (χ1v) is 7.72. The minimum atomic E-state index is -0.383. The van der Waals surface area contributed by atoms with Gasteiger partial charge in [0.15, 0.2) is 0 Å². The molecular weight excluding hydrogens is 317 g/mol. The summed E-state index contributed by atoms with van der Waals surface area (Å²) in [7, 11) is 1.61. The van der Waals surface area contributed by atoms with Crippen molar-refractivity contribution in [3.05, 3.63) is 56.7 Å². The SMILES string of the molecule is Cc1ccc(NC(=O)c2sc3ncn(C)c(=O)c3c2C)cc1F. The third-order valence-corrected chi connectivity index (χ3v) is 4.85. The first kappa shape index (κ1) is 15.4. The molecule has 1 N–H and O–H groups in total. The van der Waals surface area contributed by atoms with Gasteiger partial charge >= 0.3 is 0 Å². The second-order valence-corrected chi connectivity index (χ2v) is 6.31. The molecule has 3 rings (SSSR count). The van der Waals surface area contributed by atoms with Crippen LogP contribution in [-0.2, 0) is 7.05 Å². The maximum Gasteiger partial charge on any atom is 0.266 e. The van der Waals surface area contributed by atoms with E-state index in [0.29, 0.717) is 31.9 Å². The highest BCUT2D eigenvalue weighted by Crippen LogP contribution is 2.27. The third-order valence-electron chi connectivity index (χ3n) is 3.65. The Kier molecular flexibility index (Phi) is 3.73. The number of aromatic nitrogens is 2. The van der Waals surface area contributed by atoms with Crippen molar-refractivity contribution < 1.29 is 9.18 Å². The van der Waals surface area contributed by atoms with Crippen LogP contribution in [0.3, 0.4) is 0 Å². The van der Waals surface area contributed by atoms with Crippen LogP contribution >= 0.6 is 11.3 Å². The van der Waals surface area contributed by atoms with E-state index in [-0.39, 0.29) is 17.3 Å². The van der Waals surface area contributed by atoms with Crippen LogP contribution in [0.1, 0.15) is 20.8 Å². The van der Waals surface area contributed by atoms with E-state index in [4.69, 9.17) is 0 Å². The van der Waals surface area contributed by atoms with Gasteiger partial charge in [-0.2, -0.15) is 0 Å². The number of amides is 1. The van der Waals surface area contributed by atoms with Crippen molar-refractivity contribution in [2.45, 2.75) is 13.8 Å². The number of thiophene rings is 1. The molecule has 0 saturated heterocycles. The van der Waals surface area contributed by atoms with Crippen LogP contribution < -0.4 is 10.9 Å². The van der Waals surface area contributed by atoms with Gasteiger partial charge in [-0.15, -0.1) is 11.3 Å². The lowest BCUT2D eigenvalue weighted by molar-refractivity contribution is 0.103. The fourth-order valence-corrected chi connectivity index (χ4v) is 3.32. The molecule has 3 aromatic rings. The lowest BCUT2D eigenvalue weighted by atomic mass is 10.2. The molecule has 0 bridgehead atoms. The van der Waals surface area contributed by atoms with Crippen LogP contribution in [0, 0.1) is 19.7 Å². The molecule has 5 nitrogen and oxygen atoms in total. The molecule has 0 unspecified atom stereocenters. The quantitative estimate of drug-likeness (QED) is 0.785. The number of hydrogen-bond acceptors (Lipinski definition) is 4. The third kappa shape index (κ3) is 2.63. The lowest BCUT2D eigenvalue weighted by Crippen LogP contribution is -2.17. The Balaban J connectivity index is 2.01. The molecule has 0 aliphatic heterocycles. The van der Waals surface area contributed by atoms with Crippen molar-refractivity contribution in [3.8, 4) is 0 Å². The molecule has 0 atom stereocenters. The van der Waals surface area contributed by atoms with Crippen LogP contribution in [0.25, 0.3) is 10.2 Å². The molecule has 2 aromatic heterocycles. The summed E-state index contributed by atoms with van der Waals surface area (Å²) in [5, 5.41) is 3.10. The smallest absolute Gasteiger partial charge is 0.266 e. The number of nitrogens with one attached hydrogen (secondary N) is 1. The van der Waals surface area contributed by atoms with Crippen LogP contribution in [0.15, 0.2) is 29.3 Å². The molecule has 0 fully saturated rings. The normalized spacial score (nSPS) is 11.0. The number of carbonyl (C=O) groups excluding carboxylic acids is 1. The summed E-state index contributed by atoms with van der Waals surface area (Å²) in [5.74, 6) is -0.762. The molecular formula is C16H14FN3O2S. The second-order valence-electron chi connectivity index (χ2n) is 5.32. The van der Waals surface area contributed by atoms with Crippen molar-refractivity contribution in [1.29, 1.82) is 0 Å². The zero-order valence-electron chi connectivity index (χ0n) is 12.8. The Morgan fingerprint density at radius 2 is 2.09 bits per heavy atom. The summed E-state index contributed by atoms with van der Waals surface area (Å²) < 4.78 is 14.9. The monoisotopic (exact) mass is 331 g/mol. The Labute approximate surface area is 135 Å². The number of nitrogens with zero attached hydrogens (tertiary/aromatic N) is 2. The van der Waals surface area contributed by atoms with E-state index >= 15 is 0 Å². The molecule has 1 aromatic carbocycles. The number of carbonyl (C=O) groups is 1. The summed E-state index contributed by atoms with van der Waals surface area (Å²) in [6, 6.07) is 4.50. The van der Waals surface area contributed by atoms with Crippen molar-refractivity contribution >= 4 is 33.1 Å². The van der Waals surface area contributed by atoms with Gasteiger partial charge in [0.2, 0.25) is 0 Å². The maximum atomic E-state index is 13.6. The summed E-state index contributed by atoms with van der Waals surface area (Å²) in [6.07, 6.45) is 1.43. The molecule has 1 amide bonds. The zero-order chi connectivity index (χ0) is 16.7. The maximum absolute atomic E-state index is 13.6. The zero-order valence-corrected chi connectivity index (χ0v) is 13.6. The standard InChI is InChI=1S/C16H14FN3O2S/c1-8-4-5-10(6-11(8)17)19-14(21)13-9(2)12-15(23-13)18-7-20(3)16(12)22/h4-7H,1-3H3,(H,19,21). The molecule has 0 aliphatic carbocycles. The van der Waals surface area contributed by atoms with E-state index in [0.717, 1.165) is 11.3 Å². The molecule has 0 radical (unpaired) electrons. The highest BCUT2D eigenvalue weighted by Gasteiger charge is 2.19. The van der Waals surface area contributed by atoms with Gasteiger partial charge in [-0.25, -0.2) is 9.37 Å². The van der Waals surface area contributed by atoms with Gasteiger partial charge in [0.05, 0.1) is 16.6 Å². The van der Waals surface area contributed by atoms with E-state index in [1.54, 1.807) is 33.0 Å². The fraction of sp³-hybridized carbons (Fsp3) is 0.188. The number of rotatable bonds is 2. The molecule has 0 aliphatic rings. The molecule has 0 saturated carbocycles. The van der Waals surface area contributed by atoms with Gasteiger partial charge in [-0.1, -0.05) is 6.07 Å². The van der Waals surface area contributed by atoms with E-state index in [1.165, 1.54) is 17.0 Å². The Morgan fingerprint density at radius 1 is 1.35 bits per heavy atom. The first-order valence-electron chi connectivity index (χ1n) is 6.90. The largest absolute Gasteiger partial charge is 0.321 e. The van der Waals surface area contributed by atoms with Crippen LogP contribution in [-0.4, -0.2) is 15.5 Å². The minimum absolute atomic E-state index is 0.191. The van der Waals surface area contributed by atoms with Crippen molar-refractivity contribution in [3.63, 3.8) is 0 Å². The Bertz CT molecular complexity index is 991. The highest BCUT2D eigenvalue weighted by atomic mass is 32.1. The number of halogens is 1. The lowest BCUT2D eigenvalue weighted by Gasteiger charge is -2.05. The Hall–Kier alpha value is -2.54. The predicted molar refractivity (Wildman–Crippen MR) is 88.7 cm³/mol. The van der Waals surface area contributed by atoms with Gasteiger partial charge in [0, 0.05) is 12.7 Å². The second kappa shape index (κ2) is 5.58. The van der Waals surface area contributed by atoms with Crippen LogP contribution in [0.4, 0.5) is 10.1 Å². The average molecular weight is 331 g/mol. The van der Waals surface area contributed by atoms with Crippen molar-refractivity contribution in [2.75, 3.05) is 5.32 Å². The average Bonchev–Trinajstić information content (AvgIpc) is 2.84. The topological polar surface area (TPSA) is 64.0 Å². The first-order chi connectivity index (χ1) is 10.9. The number of benzene rings is 1. The number of hydrogen-bond donors (Lipinski definition) is 1. The van der Waals surface area contributed by atoms with E-state index < -0.39 is 0 Å². The van der Waals surface area contributed by atoms with Gasteiger partial charge < -0.3 is 9.88 Å². The molecule has 118 valence electrons. The number of aryl methyl sites for hydroxylation is 3. The van der Waals surface area contributed by atoms with Crippen LogP contribution in [0.5, 0.6) is 0 Å². The van der Waals surface area contributed by atoms with Crippen LogP contribution in [0.2, 0.25) is 0 Å². The molecule has 23 heavy (non-hydrogen) atoms. The van der Waals surface area contributed by atoms with Gasteiger partial charge in [0.1, 0.15) is 10.6 Å². The fourth-order valence-electron chi connectivity index (χ4n) is 2.28. The van der Waals surface area contributed by atoms with Crippen molar-refractivity contribution in [1.82, 2.24) is 9.55 Å². The van der Waals surface area contributed by atoms with Gasteiger partial charge in [-0.3, -0.25) is 9.59 Å². The summed E-state index contributed by atoms with van der Waals surface area (Å²) in [6.45, 7) is 3.37. The Morgan fingerprint density at radius 3 is 2.78 bits per heavy atom. The molecule has 0 spiro atoms. The van der Waals surface area contributed by atoms with E-state index in [9.17, 15) is 14.0 Å². The van der Waals surface area contributed by atoms with E-state index in [2.05, 4.69) is 10.3 Å². The van der Waals surface area contributed by atoms with Gasteiger partial charge in [-0.05, 0) is 37.1 Å². The summed E-state index contributed by atoms with van der Waals surface area (Å²) >= 11 is 1.15.